The van der Waals surface area contributed by atoms with Crippen LogP contribution in [0.15, 0.2) is 0 Å². The van der Waals surface area contributed by atoms with E-state index in [4.69, 9.17) is 0 Å². The zero-order chi connectivity index (χ0) is 10.2. The van der Waals surface area contributed by atoms with Crippen molar-refractivity contribution in [1.29, 1.82) is 0 Å². The molecule has 0 bridgehead atoms. The smallest absolute Gasteiger partial charge is 0.224 e. The lowest BCUT2D eigenvalue weighted by molar-refractivity contribution is -0.145. The van der Waals surface area contributed by atoms with Gasteiger partial charge in [-0.1, -0.05) is 0 Å². The van der Waals surface area contributed by atoms with E-state index in [1.54, 1.807) is 0 Å². The highest BCUT2D eigenvalue weighted by Crippen LogP contribution is 2.30. The monoisotopic (exact) mass is 196 g/mol. The predicted octanol–water partition coefficient (Wildman–Crippen LogP) is 1.14. The summed E-state index contributed by atoms with van der Waals surface area (Å²) in [6, 6.07) is 0.443. The van der Waals surface area contributed by atoms with Gasteiger partial charge in [0, 0.05) is 24.5 Å². The Hall–Kier alpha value is -0.570. The molecule has 0 aliphatic carbocycles. The quantitative estimate of drug-likeness (QED) is 0.718. The Labute approximate surface area is 85.8 Å². The Bertz CT molecular complexity index is 231. The summed E-state index contributed by atoms with van der Waals surface area (Å²) < 4.78 is 0. The second-order valence-electron chi connectivity index (χ2n) is 5.11. The highest BCUT2D eigenvalue weighted by Gasteiger charge is 2.39. The topological polar surface area (TPSA) is 32.3 Å². The van der Waals surface area contributed by atoms with Gasteiger partial charge in [-0.3, -0.25) is 4.79 Å². The lowest BCUT2D eigenvalue weighted by atomic mass is 9.88. The molecule has 1 atom stereocenters. The van der Waals surface area contributed by atoms with Gasteiger partial charge in [-0.05, 0) is 39.7 Å². The van der Waals surface area contributed by atoms with Crippen LogP contribution in [0.2, 0.25) is 0 Å². The van der Waals surface area contributed by atoms with Crippen LogP contribution in [0.4, 0.5) is 0 Å². The van der Waals surface area contributed by atoms with Crippen molar-refractivity contribution in [2.75, 3.05) is 13.1 Å². The third-order valence-corrected chi connectivity index (χ3v) is 3.56. The number of carbonyl (C=O) groups excluding carboxylic acids is 1. The van der Waals surface area contributed by atoms with Crippen molar-refractivity contribution in [3.63, 3.8) is 0 Å². The normalized spacial score (nSPS) is 30.1. The molecule has 80 valence electrons. The van der Waals surface area contributed by atoms with Crippen molar-refractivity contribution < 1.29 is 4.79 Å². The first kappa shape index (κ1) is 9.97. The summed E-state index contributed by atoms with van der Waals surface area (Å²) >= 11 is 0. The highest BCUT2D eigenvalue weighted by molar-refractivity contribution is 5.78. The second-order valence-corrected chi connectivity index (χ2v) is 5.11. The zero-order valence-electron chi connectivity index (χ0n) is 9.18. The van der Waals surface area contributed by atoms with Crippen molar-refractivity contribution in [3.8, 4) is 0 Å². The third kappa shape index (κ3) is 1.78. The molecule has 2 heterocycles. The van der Waals surface area contributed by atoms with Crippen LogP contribution in [-0.4, -0.2) is 35.5 Å². The molecule has 1 amide bonds. The van der Waals surface area contributed by atoms with Crippen molar-refractivity contribution in [1.82, 2.24) is 10.2 Å². The molecule has 0 radical (unpaired) electrons. The molecule has 3 heteroatoms. The summed E-state index contributed by atoms with van der Waals surface area (Å²) in [4.78, 5) is 13.9. The largest absolute Gasteiger partial charge is 0.337 e. The molecule has 0 aromatic rings. The minimum absolute atomic E-state index is 0.121. The molecule has 0 spiro atoms. The zero-order valence-corrected chi connectivity index (χ0v) is 9.18. The SMILES string of the molecule is CC1(C)CCN1C(=O)CC1CCCN1. The van der Waals surface area contributed by atoms with Crippen LogP contribution in [0.5, 0.6) is 0 Å². The minimum atomic E-state index is 0.121. The summed E-state index contributed by atoms with van der Waals surface area (Å²) in [5.41, 5.74) is 0.121. The van der Waals surface area contributed by atoms with E-state index in [-0.39, 0.29) is 5.54 Å². The van der Waals surface area contributed by atoms with E-state index >= 15 is 0 Å². The summed E-state index contributed by atoms with van der Waals surface area (Å²) in [6.45, 7) is 6.34. The molecule has 2 fully saturated rings. The molecule has 14 heavy (non-hydrogen) atoms. The van der Waals surface area contributed by atoms with Gasteiger partial charge in [0.15, 0.2) is 0 Å². The van der Waals surface area contributed by atoms with Crippen LogP contribution in [0.25, 0.3) is 0 Å². The van der Waals surface area contributed by atoms with Crippen molar-refractivity contribution >= 4 is 5.91 Å². The van der Waals surface area contributed by atoms with E-state index in [1.165, 1.54) is 12.8 Å². The lowest BCUT2D eigenvalue weighted by Gasteiger charge is -2.48. The number of rotatable bonds is 2. The van der Waals surface area contributed by atoms with Gasteiger partial charge < -0.3 is 10.2 Å². The van der Waals surface area contributed by atoms with Crippen LogP contribution >= 0.6 is 0 Å². The van der Waals surface area contributed by atoms with Gasteiger partial charge in [0.05, 0.1) is 0 Å². The average Bonchev–Trinajstić information content (AvgIpc) is 2.55. The number of amides is 1. The molecule has 0 aromatic carbocycles. The molecule has 1 unspecified atom stereocenters. The van der Waals surface area contributed by atoms with Gasteiger partial charge in [0.2, 0.25) is 5.91 Å². The molecule has 2 aliphatic rings. The molecular formula is C11H20N2O. The Morgan fingerprint density at radius 1 is 1.57 bits per heavy atom. The van der Waals surface area contributed by atoms with Crippen LogP contribution in [0.3, 0.4) is 0 Å². The first-order chi connectivity index (χ1) is 6.59. The fourth-order valence-electron chi connectivity index (χ4n) is 2.39. The molecule has 2 aliphatic heterocycles. The van der Waals surface area contributed by atoms with Crippen LogP contribution in [0, 0.1) is 0 Å². The molecule has 3 nitrogen and oxygen atoms in total. The first-order valence-electron chi connectivity index (χ1n) is 5.63. The maximum absolute atomic E-state index is 11.9. The van der Waals surface area contributed by atoms with E-state index in [1.807, 2.05) is 4.90 Å². The van der Waals surface area contributed by atoms with Crippen molar-refractivity contribution in [2.45, 2.75) is 51.1 Å². The summed E-state index contributed by atoms with van der Waals surface area (Å²) in [6.07, 6.45) is 4.24. The Balaban J connectivity index is 1.83. The number of nitrogens with one attached hydrogen (secondary N) is 1. The van der Waals surface area contributed by atoms with Gasteiger partial charge >= 0.3 is 0 Å². The van der Waals surface area contributed by atoms with Crippen LogP contribution in [-0.2, 0) is 4.79 Å². The number of carbonyl (C=O) groups is 1. The van der Waals surface area contributed by atoms with E-state index in [2.05, 4.69) is 19.2 Å². The summed E-state index contributed by atoms with van der Waals surface area (Å²) in [7, 11) is 0. The van der Waals surface area contributed by atoms with Crippen LogP contribution < -0.4 is 5.32 Å². The average molecular weight is 196 g/mol. The van der Waals surface area contributed by atoms with Crippen molar-refractivity contribution in [3.05, 3.63) is 0 Å². The van der Waals surface area contributed by atoms with Gasteiger partial charge in [-0.25, -0.2) is 0 Å². The minimum Gasteiger partial charge on any atom is -0.337 e. The second kappa shape index (κ2) is 3.54. The molecule has 2 rings (SSSR count). The van der Waals surface area contributed by atoms with Gasteiger partial charge in [0.1, 0.15) is 0 Å². The fraction of sp³-hybridized carbons (Fsp3) is 0.909. The van der Waals surface area contributed by atoms with E-state index in [0.29, 0.717) is 18.4 Å². The summed E-state index contributed by atoms with van der Waals surface area (Å²) in [5, 5.41) is 3.37. The van der Waals surface area contributed by atoms with E-state index in [0.717, 1.165) is 19.5 Å². The van der Waals surface area contributed by atoms with Crippen molar-refractivity contribution in [2.24, 2.45) is 0 Å². The Kier molecular flexibility index (Phi) is 2.52. The molecule has 0 aromatic heterocycles. The standard InChI is InChI=1S/C11H20N2O/c1-11(2)5-7-13(11)10(14)8-9-4-3-6-12-9/h9,12H,3-8H2,1-2H3. The predicted molar refractivity (Wildman–Crippen MR) is 56.1 cm³/mol. The molecule has 0 saturated carbocycles. The van der Waals surface area contributed by atoms with Gasteiger partial charge in [-0.2, -0.15) is 0 Å². The molecule has 1 N–H and O–H groups in total. The van der Waals surface area contributed by atoms with E-state index in [9.17, 15) is 4.79 Å². The number of nitrogens with zero attached hydrogens (tertiary/aromatic N) is 1. The Morgan fingerprint density at radius 3 is 2.79 bits per heavy atom. The summed E-state index contributed by atoms with van der Waals surface area (Å²) in [5.74, 6) is 0.334. The van der Waals surface area contributed by atoms with E-state index < -0.39 is 0 Å². The highest BCUT2D eigenvalue weighted by atomic mass is 16.2. The maximum atomic E-state index is 11.9. The fourth-order valence-corrected chi connectivity index (χ4v) is 2.39. The van der Waals surface area contributed by atoms with Gasteiger partial charge in [-0.15, -0.1) is 0 Å². The lowest BCUT2D eigenvalue weighted by Crippen LogP contribution is -2.59. The number of likely N-dealkylation sites (tertiary alicyclic amines) is 1. The number of hydrogen-bond acceptors (Lipinski definition) is 2. The first-order valence-corrected chi connectivity index (χ1v) is 5.63. The maximum Gasteiger partial charge on any atom is 0.224 e. The van der Waals surface area contributed by atoms with Crippen LogP contribution in [0.1, 0.15) is 39.5 Å². The molecule has 2 saturated heterocycles. The number of hydrogen-bond donors (Lipinski definition) is 1. The Morgan fingerprint density at radius 2 is 2.36 bits per heavy atom. The van der Waals surface area contributed by atoms with Gasteiger partial charge in [0.25, 0.3) is 0 Å². The third-order valence-electron chi connectivity index (χ3n) is 3.56. The molecular weight excluding hydrogens is 176 g/mol.